The second kappa shape index (κ2) is 5.83. The number of nitrogen functional groups attached to an aromatic ring is 1. The Morgan fingerprint density at radius 2 is 1.90 bits per heavy atom. The van der Waals surface area contributed by atoms with Crippen molar-refractivity contribution in [2.24, 2.45) is 0 Å². The molecule has 0 saturated heterocycles. The summed E-state index contributed by atoms with van der Waals surface area (Å²) < 4.78 is 27.2. The number of pyridine rings is 1. The summed E-state index contributed by atoms with van der Waals surface area (Å²) in [5.41, 5.74) is 9.72. The first-order chi connectivity index (χ1) is 9.81. The van der Waals surface area contributed by atoms with Gasteiger partial charge in [0.1, 0.15) is 0 Å². The van der Waals surface area contributed by atoms with E-state index in [0.29, 0.717) is 11.4 Å². The number of aromatic nitrogens is 1. The van der Waals surface area contributed by atoms with E-state index in [1.54, 1.807) is 12.3 Å². The maximum Gasteiger partial charge on any atom is 0.241 e. The van der Waals surface area contributed by atoms with Crippen molar-refractivity contribution in [3.05, 3.63) is 52.8 Å². The normalized spacial score (nSPS) is 11.6. The average molecular weight is 305 g/mol. The quantitative estimate of drug-likeness (QED) is 0.847. The molecule has 21 heavy (non-hydrogen) atoms. The maximum atomic E-state index is 12.3. The van der Waals surface area contributed by atoms with Crippen molar-refractivity contribution in [1.82, 2.24) is 9.71 Å². The number of nitrogens with two attached hydrogens (primary N) is 1. The lowest BCUT2D eigenvalue weighted by molar-refractivity contribution is 0.580. The zero-order valence-electron chi connectivity index (χ0n) is 12.3. The highest BCUT2D eigenvalue weighted by Crippen LogP contribution is 2.21. The molecule has 5 nitrogen and oxygen atoms in total. The summed E-state index contributed by atoms with van der Waals surface area (Å²) in [5.74, 6) is 0. The van der Waals surface area contributed by atoms with E-state index in [4.69, 9.17) is 5.73 Å². The highest BCUT2D eigenvalue weighted by molar-refractivity contribution is 7.89. The van der Waals surface area contributed by atoms with Crippen LogP contribution >= 0.6 is 0 Å². The van der Waals surface area contributed by atoms with Crippen LogP contribution < -0.4 is 10.5 Å². The summed E-state index contributed by atoms with van der Waals surface area (Å²) in [4.78, 5) is 4.35. The summed E-state index contributed by atoms with van der Waals surface area (Å²) in [6, 6.07) is 6.82. The molecule has 0 amide bonds. The van der Waals surface area contributed by atoms with Crippen molar-refractivity contribution in [2.75, 3.05) is 5.73 Å². The van der Waals surface area contributed by atoms with Gasteiger partial charge in [0, 0.05) is 11.9 Å². The van der Waals surface area contributed by atoms with Gasteiger partial charge >= 0.3 is 0 Å². The van der Waals surface area contributed by atoms with Crippen molar-refractivity contribution in [1.29, 1.82) is 0 Å². The van der Waals surface area contributed by atoms with E-state index in [2.05, 4.69) is 9.71 Å². The number of hydrogen-bond acceptors (Lipinski definition) is 4. The van der Waals surface area contributed by atoms with Gasteiger partial charge in [-0.3, -0.25) is 4.98 Å². The fraction of sp³-hybridized carbons (Fsp3) is 0.267. The minimum atomic E-state index is -3.61. The van der Waals surface area contributed by atoms with E-state index in [9.17, 15) is 8.42 Å². The Morgan fingerprint density at radius 3 is 2.52 bits per heavy atom. The van der Waals surface area contributed by atoms with Gasteiger partial charge in [0.2, 0.25) is 10.0 Å². The first-order valence-corrected chi connectivity index (χ1v) is 8.06. The lowest BCUT2D eigenvalue weighted by Crippen LogP contribution is -2.24. The Kier molecular flexibility index (Phi) is 4.29. The van der Waals surface area contributed by atoms with Crippen molar-refractivity contribution >= 4 is 15.7 Å². The molecule has 1 aromatic heterocycles. The van der Waals surface area contributed by atoms with E-state index in [1.165, 1.54) is 6.07 Å². The summed E-state index contributed by atoms with van der Waals surface area (Å²) in [5, 5.41) is 0. The van der Waals surface area contributed by atoms with Crippen molar-refractivity contribution < 1.29 is 8.42 Å². The second-order valence-corrected chi connectivity index (χ2v) is 6.81. The van der Waals surface area contributed by atoms with Crippen LogP contribution in [0.15, 0.2) is 35.4 Å². The number of sulfonamides is 1. The van der Waals surface area contributed by atoms with E-state index >= 15 is 0 Å². The molecule has 3 N–H and O–H groups in total. The van der Waals surface area contributed by atoms with Gasteiger partial charge in [-0.2, -0.15) is 0 Å². The van der Waals surface area contributed by atoms with E-state index in [-0.39, 0.29) is 11.4 Å². The molecular formula is C15H19N3O2S. The second-order valence-electron chi connectivity index (χ2n) is 5.05. The Labute approximate surface area is 125 Å². The van der Waals surface area contributed by atoms with Gasteiger partial charge in [-0.25, -0.2) is 13.1 Å². The predicted octanol–water partition coefficient (Wildman–Crippen LogP) is 2.07. The zero-order valence-corrected chi connectivity index (χ0v) is 13.2. The number of rotatable bonds is 4. The topological polar surface area (TPSA) is 85.1 Å². The van der Waals surface area contributed by atoms with Crippen LogP contribution in [0.25, 0.3) is 0 Å². The van der Waals surface area contributed by atoms with Gasteiger partial charge in [0.25, 0.3) is 0 Å². The molecule has 6 heteroatoms. The molecule has 0 spiro atoms. The standard InChI is InChI=1S/C15H19N3O2S/c1-10-5-4-6-17-15(10)9-18-21(19,20)13-7-11(2)12(3)14(16)8-13/h4-8,18H,9,16H2,1-3H3. The van der Waals surface area contributed by atoms with Crippen LogP contribution in [0.3, 0.4) is 0 Å². The lowest BCUT2D eigenvalue weighted by atomic mass is 10.1. The molecule has 0 saturated carbocycles. The number of benzene rings is 1. The predicted molar refractivity (Wildman–Crippen MR) is 83.3 cm³/mol. The third-order valence-corrected chi connectivity index (χ3v) is 4.92. The molecule has 0 unspecified atom stereocenters. The Hall–Kier alpha value is -1.92. The van der Waals surface area contributed by atoms with Gasteiger partial charge in [-0.1, -0.05) is 6.07 Å². The summed E-state index contributed by atoms with van der Waals surface area (Å²) in [6.07, 6.45) is 1.64. The Balaban J connectivity index is 2.25. The van der Waals surface area contributed by atoms with Gasteiger partial charge in [0.15, 0.2) is 0 Å². The molecule has 112 valence electrons. The molecule has 0 radical (unpaired) electrons. The largest absolute Gasteiger partial charge is 0.398 e. The number of nitrogens with zero attached hydrogens (tertiary/aromatic N) is 1. The molecule has 0 aliphatic heterocycles. The molecule has 2 rings (SSSR count). The first kappa shape index (κ1) is 15.5. The molecular weight excluding hydrogens is 286 g/mol. The molecule has 0 bridgehead atoms. The Bertz CT molecular complexity index is 747. The SMILES string of the molecule is Cc1cccnc1CNS(=O)(=O)c1cc(C)c(C)c(N)c1. The van der Waals surface area contributed by atoms with Crippen LogP contribution in [-0.2, 0) is 16.6 Å². The number of nitrogens with one attached hydrogen (secondary N) is 1. The highest BCUT2D eigenvalue weighted by atomic mass is 32.2. The lowest BCUT2D eigenvalue weighted by Gasteiger charge is -2.11. The molecule has 0 aliphatic carbocycles. The van der Waals surface area contributed by atoms with Crippen LogP contribution in [-0.4, -0.2) is 13.4 Å². The molecule has 1 heterocycles. The van der Waals surface area contributed by atoms with Gasteiger partial charge in [0.05, 0.1) is 17.1 Å². The van der Waals surface area contributed by atoms with Crippen LogP contribution in [0.4, 0.5) is 5.69 Å². The highest BCUT2D eigenvalue weighted by Gasteiger charge is 2.16. The fourth-order valence-electron chi connectivity index (χ4n) is 1.96. The van der Waals surface area contributed by atoms with Crippen LogP contribution in [0.5, 0.6) is 0 Å². The average Bonchev–Trinajstić information content (AvgIpc) is 2.43. The molecule has 2 aromatic rings. The molecule has 1 aromatic carbocycles. The third kappa shape index (κ3) is 3.40. The summed E-state index contributed by atoms with van der Waals surface area (Å²) >= 11 is 0. The summed E-state index contributed by atoms with van der Waals surface area (Å²) in [6.45, 7) is 5.76. The van der Waals surface area contributed by atoms with Gasteiger partial charge in [-0.15, -0.1) is 0 Å². The number of aryl methyl sites for hydroxylation is 2. The van der Waals surface area contributed by atoms with Crippen molar-refractivity contribution in [2.45, 2.75) is 32.2 Å². The van der Waals surface area contributed by atoms with Crippen LogP contribution in [0, 0.1) is 20.8 Å². The van der Waals surface area contributed by atoms with Crippen LogP contribution in [0.2, 0.25) is 0 Å². The number of hydrogen-bond donors (Lipinski definition) is 2. The summed E-state index contributed by atoms with van der Waals surface area (Å²) in [7, 11) is -3.61. The first-order valence-electron chi connectivity index (χ1n) is 6.58. The molecule has 0 atom stereocenters. The third-order valence-electron chi connectivity index (χ3n) is 3.54. The maximum absolute atomic E-state index is 12.3. The monoisotopic (exact) mass is 305 g/mol. The zero-order chi connectivity index (χ0) is 15.6. The minimum Gasteiger partial charge on any atom is -0.398 e. The van der Waals surface area contributed by atoms with Gasteiger partial charge < -0.3 is 5.73 Å². The molecule has 0 fully saturated rings. The smallest absolute Gasteiger partial charge is 0.241 e. The Morgan fingerprint density at radius 1 is 1.19 bits per heavy atom. The van der Waals surface area contributed by atoms with Crippen molar-refractivity contribution in [3.63, 3.8) is 0 Å². The van der Waals surface area contributed by atoms with Crippen LogP contribution in [0.1, 0.15) is 22.4 Å². The van der Waals surface area contributed by atoms with E-state index in [1.807, 2.05) is 32.9 Å². The van der Waals surface area contributed by atoms with E-state index < -0.39 is 10.0 Å². The van der Waals surface area contributed by atoms with E-state index in [0.717, 1.165) is 16.7 Å². The minimum absolute atomic E-state index is 0.155. The van der Waals surface area contributed by atoms with Gasteiger partial charge in [-0.05, 0) is 55.7 Å². The van der Waals surface area contributed by atoms with Crippen molar-refractivity contribution in [3.8, 4) is 0 Å². The fourth-order valence-corrected chi connectivity index (χ4v) is 3.07. The molecule has 0 aliphatic rings. The number of anilines is 1.